The summed E-state index contributed by atoms with van der Waals surface area (Å²) in [6, 6.07) is 16.7. The lowest BCUT2D eigenvalue weighted by Gasteiger charge is -2.37. The third-order valence-electron chi connectivity index (χ3n) is 6.00. The van der Waals surface area contributed by atoms with Gasteiger partial charge in [0.05, 0.1) is 10.6 Å². The van der Waals surface area contributed by atoms with E-state index in [1.807, 2.05) is 43.3 Å². The average molecular weight is 418 g/mol. The molecule has 160 valence electrons. The number of nitro benzene ring substituents is 1. The predicted octanol–water partition coefficient (Wildman–Crippen LogP) is 4.34. The van der Waals surface area contributed by atoms with Crippen molar-refractivity contribution < 1.29 is 4.92 Å². The van der Waals surface area contributed by atoms with Gasteiger partial charge in [-0.1, -0.05) is 42.5 Å². The molecule has 7 heteroatoms. The van der Waals surface area contributed by atoms with E-state index >= 15 is 0 Å². The molecule has 31 heavy (non-hydrogen) atoms. The van der Waals surface area contributed by atoms with Gasteiger partial charge in [0.1, 0.15) is 0 Å². The van der Waals surface area contributed by atoms with E-state index in [0.717, 1.165) is 54.3 Å². The molecule has 0 radical (unpaired) electrons. The highest BCUT2D eigenvalue weighted by atomic mass is 16.6. The number of nitro groups is 1. The lowest BCUT2D eigenvalue weighted by molar-refractivity contribution is -0.384. The molecule has 0 N–H and O–H groups in total. The molecule has 2 heterocycles. The minimum absolute atomic E-state index is 0.0632. The molecular weight excluding hydrogens is 390 g/mol. The van der Waals surface area contributed by atoms with E-state index in [1.54, 1.807) is 12.1 Å². The van der Waals surface area contributed by atoms with Crippen molar-refractivity contribution in [1.29, 1.82) is 0 Å². The Morgan fingerprint density at radius 1 is 0.968 bits per heavy atom. The van der Waals surface area contributed by atoms with Crippen LogP contribution in [0, 0.1) is 17.0 Å². The Morgan fingerprint density at radius 2 is 1.65 bits per heavy atom. The highest BCUT2D eigenvalue weighted by molar-refractivity contribution is 5.70. The summed E-state index contributed by atoms with van der Waals surface area (Å²) in [6.45, 7) is 8.14. The van der Waals surface area contributed by atoms with Crippen LogP contribution in [-0.4, -0.2) is 57.9 Å². The highest BCUT2D eigenvalue weighted by Gasteiger charge is 2.26. The van der Waals surface area contributed by atoms with Crippen LogP contribution in [0.5, 0.6) is 0 Å². The third kappa shape index (κ3) is 4.47. The van der Waals surface area contributed by atoms with Gasteiger partial charge in [-0.05, 0) is 20.9 Å². The Hall–Kier alpha value is -3.16. The molecule has 0 spiro atoms. The number of hydrogen-bond donors (Lipinski definition) is 0. The molecule has 0 aliphatic carbocycles. The topological polar surface area (TPSA) is 75.4 Å². The predicted molar refractivity (Wildman–Crippen MR) is 122 cm³/mol. The lowest BCUT2D eigenvalue weighted by Crippen LogP contribution is -2.45. The van der Waals surface area contributed by atoms with E-state index in [0.29, 0.717) is 5.82 Å². The van der Waals surface area contributed by atoms with Gasteiger partial charge in [0.25, 0.3) is 5.69 Å². The molecule has 7 nitrogen and oxygen atoms in total. The highest BCUT2D eigenvalue weighted by Crippen LogP contribution is 2.35. The summed E-state index contributed by atoms with van der Waals surface area (Å²) in [5.41, 5.74) is 4.44. The first-order valence-electron chi connectivity index (χ1n) is 10.6. The Kier molecular flexibility index (Phi) is 6.06. The maximum Gasteiger partial charge on any atom is 0.270 e. The summed E-state index contributed by atoms with van der Waals surface area (Å²) in [7, 11) is 2.14. The lowest BCUT2D eigenvalue weighted by atomic mass is 9.97. The fourth-order valence-electron chi connectivity index (χ4n) is 4.18. The summed E-state index contributed by atoms with van der Waals surface area (Å²) in [4.78, 5) is 25.6. The number of aromatic nitrogens is 2. The van der Waals surface area contributed by atoms with Crippen molar-refractivity contribution in [2.24, 2.45) is 0 Å². The quantitative estimate of drug-likeness (QED) is 0.454. The number of rotatable bonds is 5. The monoisotopic (exact) mass is 417 g/mol. The third-order valence-corrected chi connectivity index (χ3v) is 6.00. The Labute approximate surface area is 182 Å². The van der Waals surface area contributed by atoms with Crippen LogP contribution in [0.2, 0.25) is 0 Å². The van der Waals surface area contributed by atoms with Gasteiger partial charge in [0.2, 0.25) is 0 Å². The number of hydrogen-bond acceptors (Lipinski definition) is 6. The van der Waals surface area contributed by atoms with Gasteiger partial charge in [-0.15, -0.1) is 0 Å². The van der Waals surface area contributed by atoms with Gasteiger partial charge < -0.3 is 4.90 Å². The second-order valence-electron chi connectivity index (χ2n) is 8.08. The van der Waals surface area contributed by atoms with Crippen LogP contribution in [0.4, 0.5) is 5.69 Å². The summed E-state index contributed by atoms with van der Waals surface area (Å²) in [5, 5.41) is 11.4. The molecule has 3 aromatic rings. The molecule has 1 aliphatic rings. The van der Waals surface area contributed by atoms with Gasteiger partial charge in [0, 0.05) is 66.7 Å². The Morgan fingerprint density at radius 3 is 2.32 bits per heavy atom. The standard InChI is InChI=1S/C24H27N5O2/c1-17-22(18(2)28-14-12-27(3)13-15-28)23(20-10-7-11-21(16-20)29(30)31)26-24(25-17)19-8-5-4-6-9-19/h4-11,16,18H,12-15H2,1-3H3. The van der Waals surface area contributed by atoms with Gasteiger partial charge in [-0.25, -0.2) is 9.97 Å². The minimum Gasteiger partial charge on any atom is -0.304 e. The van der Waals surface area contributed by atoms with Gasteiger partial charge in [-0.3, -0.25) is 15.0 Å². The molecule has 0 saturated carbocycles. The maximum absolute atomic E-state index is 11.4. The summed E-state index contributed by atoms with van der Waals surface area (Å²) < 4.78 is 0. The summed E-state index contributed by atoms with van der Waals surface area (Å²) in [6.07, 6.45) is 0. The van der Waals surface area contributed by atoms with Crippen LogP contribution in [0.3, 0.4) is 0 Å². The van der Waals surface area contributed by atoms with Crippen molar-refractivity contribution in [3.05, 3.63) is 76.0 Å². The smallest absolute Gasteiger partial charge is 0.270 e. The fourth-order valence-corrected chi connectivity index (χ4v) is 4.18. The summed E-state index contributed by atoms with van der Waals surface area (Å²) >= 11 is 0. The molecule has 1 unspecified atom stereocenters. The van der Waals surface area contributed by atoms with Crippen LogP contribution in [-0.2, 0) is 0 Å². The molecular formula is C24H27N5O2. The van der Waals surface area contributed by atoms with Crippen molar-refractivity contribution in [3.63, 3.8) is 0 Å². The zero-order valence-corrected chi connectivity index (χ0v) is 18.2. The maximum atomic E-state index is 11.4. The normalized spacial score (nSPS) is 16.2. The van der Waals surface area contributed by atoms with Crippen LogP contribution < -0.4 is 0 Å². The van der Waals surface area contributed by atoms with Crippen molar-refractivity contribution >= 4 is 5.69 Å². The Bertz CT molecular complexity index is 1080. The van der Waals surface area contributed by atoms with E-state index < -0.39 is 0 Å². The second-order valence-corrected chi connectivity index (χ2v) is 8.08. The van der Waals surface area contributed by atoms with Crippen LogP contribution in [0.1, 0.15) is 24.2 Å². The largest absolute Gasteiger partial charge is 0.304 e. The first-order valence-corrected chi connectivity index (χ1v) is 10.6. The summed E-state index contributed by atoms with van der Waals surface area (Å²) in [5.74, 6) is 0.633. The van der Waals surface area contributed by atoms with E-state index in [-0.39, 0.29) is 16.7 Å². The minimum atomic E-state index is -0.362. The molecule has 1 aromatic heterocycles. The van der Waals surface area contributed by atoms with Gasteiger partial charge >= 0.3 is 0 Å². The van der Waals surface area contributed by atoms with Crippen molar-refractivity contribution in [3.8, 4) is 22.6 Å². The van der Waals surface area contributed by atoms with Crippen LogP contribution in [0.25, 0.3) is 22.6 Å². The van der Waals surface area contributed by atoms with Crippen LogP contribution >= 0.6 is 0 Å². The number of likely N-dealkylation sites (N-methyl/N-ethyl adjacent to an activating group) is 1. The van der Waals surface area contributed by atoms with Crippen molar-refractivity contribution in [2.75, 3.05) is 33.2 Å². The van der Waals surface area contributed by atoms with E-state index in [4.69, 9.17) is 9.97 Å². The van der Waals surface area contributed by atoms with Crippen molar-refractivity contribution in [1.82, 2.24) is 19.8 Å². The average Bonchev–Trinajstić information content (AvgIpc) is 2.79. The van der Waals surface area contributed by atoms with Crippen LogP contribution in [0.15, 0.2) is 54.6 Å². The van der Waals surface area contributed by atoms with Crippen molar-refractivity contribution in [2.45, 2.75) is 19.9 Å². The first-order chi connectivity index (χ1) is 14.9. The number of nitrogens with zero attached hydrogens (tertiary/aromatic N) is 5. The van der Waals surface area contributed by atoms with E-state index in [1.165, 1.54) is 6.07 Å². The van der Waals surface area contributed by atoms with E-state index in [9.17, 15) is 10.1 Å². The zero-order valence-electron chi connectivity index (χ0n) is 18.2. The fraction of sp³-hybridized carbons (Fsp3) is 0.333. The molecule has 0 amide bonds. The SMILES string of the molecule is Cc1nc(-c2ccccc2)nc(-c2cccc([N+](=O)[O-])c2)c1C(C)N1CCN(C)CC1. The molecule has 2 aromatic carbocycles. The number of aryl methyl sites for hydroxylation is 1. The first kappa shape index (κ1) is 21.1. The second kappa shape index (κ2) is 8.91. The molecule has 1 aliphatic heterocycles. The zero-order chi connectivity index (χ0) is 22.0. The molecule has 4 rings (SSSR count). The number of benzene rings is 2. The van der Waals surface area contributed by atoms with Gasteiger partial charge in [-0.2, -0.15) is 0 Å². The van der Waals surface area contributed by atoms with E-state index in [2.05, 4.69) is 23.8 Å². The number of piperazine rings is 1. The molecule has 1 saturated heterocycles. The van der Waals surface area contributed by atoms with Gasteiger partial charge in [0.15, 0.2) is 5.82 Å². The molecule has 1 atom stereocenters. The molecule has 1 fully saturated rings. The number of non-ortho nitro benzene ring substituents is 1. The Balaban J connectivity index is 1.85. The molecule has 0 bridgehead atoms.